The van der Waals surface area contributed by atoms with E-state index in [1.165, 1.54) is 10.8 Å². The van der Waals surface area contributed by atoms with Gasteiger partial charge in [0, 0.05) is 22.6 Å². The second-order valence-electron chi connectivity index (χ2n) is 6.15. The first-order chi connectivity index (χ1) is 12.8. The molecular formula is C15H24N5O6P. The summed E-state index contributed by atoms with van der Waals surface area (Å²) in [6, 6.07) is 0. The molecule has 27 heavy (non-hydrogen) atoms. The van der Waals surface area contributed by atoms with Crippen LogP contribution in [-0.4, -0.2) is 41.6 Å². The van der Waals surface area contributed by atoms with E-state index in [4.69, 9.17) is 19.3 Å². The average molecular weight is 401 g/mol. The molecular weight excluding hydrogens is 377 g/mol. The topological polar surface area (TPSA) is 148 Å². The van der Waals surface area contributed by atoms with E-state index in [1.54, 1.807) is 20.8 Å². The van der Waals surface area contributed by atoms with Gasteiger partial charge in [0.05, 0.1) is 32.0 Å². The molecule has 0 bridgehead atoms. The summed E-state index contributed by atoms with van der Waals surface area (Å²) in [5.41, 5.74) is 7.91. The highest BCUT2D eigenvalue weighted by Gasteiger charge is 2.41. The number of rotatable bonds is 9. The Morgan fingerprint density at radius 1 is 1.41 bits per heavy atom. The monoisotopic (exact) mass is 401 g/mol. The number of aromatic nitrogens is 2. The van der Waals surface area contributed by atoms with Crippen LogP contribution in [0.5, 0.6) is 0 Å². The molecule has 2 rings (SSSR count). The maximum Gasteiger partial charge on any atom is 0.331 e. The molecule has 1 aromatic heterocycles. The third-order valence-electron chi connectivity index (χ3n) is 4.25. The summed E-state index contributed by atoms with van der Waals surface area (Å²) in [7, 11) is -3.35. The standard InChI is InChI=1S/C15H24N5O6P/c1-4-24-27(23,25-5-2)9-11-6-13(26-12(11)7-17-19-16)20-8-10(3)14(21)18-15(20)22/h8,11-13H,4-7,9H2,1-3H3,(H,18,21,22)/t11-,12-,13-/m1/s1. The van der Waals surface area contributed by atoms with Crippen LogP contribution >= 0.6 is 7.60 Å². The highest BCUT2D eigenvalue weighted by Crippen LogP contribution is 2.52. The molecule has 1 aliphatic rings. The zero-order valence-corrected chi connectivity index (χ0v) is 16.4. The first kappa shape index (κ1) is 21.4. The van der Waals surface area contributed by atoms with Crippen LogP contribution in [0.4, 0.5) is 0 Å². The summed E-state index contributed by atoms with van der Waals surface area (Å²) in [5.74, 6) is -0.316. The van der Waals surface area contributed by atoms with Crippen LogP contribution in [-0.2, 0) is 18.3 Å². The van der Waals surface area contributed by atoms with Gasteiger partial charge in [0.1, 0.15) is 6.23 Å². The molecule has 11 nitrogen and oxygen atoms in total. The summed E-state index contributed by atoms with van der Waals surface area (Å²) >= 11 is 0. The van der Waals surface area contributed by atoms with Crippen LogP contribution in [0.15, 0.2) is 20.9 Å². The third-order valence-corrected chi connectivity index (χ3v) is 6.47. The molecule has 150 valence electrons. The number of nitrogens with one attached hydrogen (secondary N) is 1. The van der Waals surface area contributed by atoms with Crippen LogP contribution in [0, 0.1) is 12.8 Å². The van der Waals surface area contributed by atoms with E-state index in [0.29, 0.717) is 12.0 Å². The van der Waals surface area contributed by atoms with Gasteiger partial charge >= 0.3 is 13.3 Å². The molecule has 0 radical (unpaired) electrons. The minimum absolute atomic E-state index is 0.0208. The average Bonchev–Trinajstić information content (AvgIpc) is 2.98. The van der Waals surface area contributed by atoms with Crippen molar-refractivity contribution in [2.45, 2.75) is 39.5 Å². The van der Waals surface area contributed by atoms with Gasteiger partial charge in [-0.05, 0) is 32.7 Å². The van der Waals surface area contributed by atoms with E-state index in [9.17, 15) is 14.2 Å². The van der Waals surface area contributed by atoms with Gasteiger partial charge < -0.3 is 13.8 Å². The van der Waals surface area contributed by atoms with Crippen molar-refractivity contribution in [1.82, 2.24) is 9.55 Å². The molecule has 1 fully saturated rings. The zero-order chi connectivity index (χ0) is 20.0. The van der Waals surface area contributed by atoms with Crippen molar-refractivity contribution >= 4 is 7.60 Å². The fourth-order valence-corrected chi connectivity index (χ4v) is 5.11. The largest absolute Gasteiger partial charge is 0.354 e. The summed E-state index contributed by atoms with van der Waals surface area (Å²) in [6.45, 7) is 5.51. The van der Waals surface area contributed by atoms with E-state index in [0.717, 1.165) is 0 Å². The van der Waals surface area contributed by atoms with Crippen LogP contribution in [0.1, 0.15) is 32.1 Å². The number of azide groups is 1. The number of ether oxygens (including phenoxy) is 1. The van der Waals surface area contributed by atoms with Crippen molar-refractivity contribution in [2.75, 3.05) is 25.9 Å². The van der Waals surface area contributed by atoms with Crippen LogP contribution < -0.4 is 11.2 Å². The Hall–Kier alpha value is -1.90. The lowest BCUT2D eigenvalue weighted by Crippen LogP contribution is -2.33. The lowest BCUT2D eigenvalue weighted by atomic mass is 10.0. The maximum absolute atomic E-state index is 12.9. The second-order valence-corrected chi connectivity index (χ2v) is 8.25. The normalized spacial score (nSPS) is 22.6. The molecule has 12 heteroatoms. The number of hydrogen-bond acceptors (Lipinski definition) is 7. The lowest BCUT2D eigenvalue weighted by molar-refractivity contribution is -0.00179. The van der Waals surface area contributed by atoms with Crippen molar-refractivity contribution < 1.29 is 18.3 Å². The van der Waals surface area contributed by atoms with E-state index in [2.05, 4.69) is 15.0 Å². The van der Waals surface area contributed by atoms with E-state index >= 15 is 0 Å². The Balaban J connectivity index is 2.29. The van der Waals surface area contributed by atoms with Crippen LogP contribution in [0.25, 0.3) is 10.4 Å². The Labute approximate surface area is 155 Å². The van der Waals surface area contributed by atoms with Crippen LogP contribution in [0.3, 0.4) is 0 Å². The van der Waals surface area contributed by atoms with Crippen molar-refractivity contribution in [3.8, 4) is 0 Å². The minimum atomic E-state index is -3.35. The quantitative estimate of drug-likeness (QED) is 0.290. The van der Waals surface area contributed by atoms with Gasteiger partial charge in [0.2, 0.25) is 0 Å². The molecule has 1 aliphatic heterocycles. The molecule has 0 unspecified atom stereocenters. The number of H-pyrrole nitrogens is 1. The van der Waals surface area contributed by atoms with Gasteiger partial charge in [-0.3, -0.25) is 18.9 Å². The third kappa shape index (κ3) is 5.31. The van der Waals surface area contributed by atoms with Crippen molar-refractivity contribution in [1.29, 1.82) is 0 Å². The Morgan fingerprint density at radius 2 is 2.07 bits per heavy atom. The summed E-state index contributed by atoms with van der Waals surface area (Å²) in [5, 5.41) is 3.55. The lowest BCUT2D eigenvalue weighted by Gasteiger charge is -2.22. The van der Waals surface area contributed by atoms with Crippen molar-refractivity contribution in [3.63, 3.8) is 0 Å². The number of nitrogens with zero attached hydrogens (tertiary/aromatic N) is 4. The Kier molecular flexibility index (Phi) is 7.41. The number of aryl methyl sites for hydroxylation is 1. The highest BCUT2D eigenvalue weighted by molar-refractivity contribution is 7.53. The highest BCUT2D eigenvalue weighted by atomic mass is 31.2. The minimum Gasteiger partial charge on any atom is -0.354 e. The fraction of sp³-hybridized carbons (Fsp3) is 0.733. The van der Waals surface area contributed by atoms with Crippen LogP contribution in [0.2, 0.25) is 0 Å². The fourth-order valence-electron chi connectivity index (χ4n) is 3.08. The van der Waals surface area contributed by atoms with E-state index < -0.39 is 31.2 Å². The van der Waals surface area contributed by atoms with E-state index in [1.807, 2.05) is 0 Å². The molecule has 0 aromatic carbocycles. The van der Waals surface area contributed by atoms with Gasteiger partial charge in [-0.1, -0.05) is 5.11 Å². The van der Waals surface area contributed by atoms with Gasteiger partial charge in [-0.15, -0.1) is 0 Å². The van der Waals surface area contributed by atoms with Gasteiger partial charge in [-0.2, -0.15) is 0 Å². The molecule has 3 atom stereocenters. The summed E-state index contributed by atoms with van der Waals surface area (Å²) < 4.78 is 30.7. The SMILES string of the molecule is CCOP(=O)(C[C@H]1C[C@H](n2cc(C)c(=O)[nH]c2=O)O[C@@H]1CN=[N+]=[N-])OCC. The maximum atomic E-state index is 12.9. The molecule has 0 amide bonds. The first-order valence-electron chi connectivity index (χ1n) is 8.70. The summed E-state index contributed by atoms with van der Waals surface area (Å²) in [4.78, 5) is 28.7. The predicted molar refractivity (Wildman–Crippen MR) is 97.8 cm³/mol. The Bertz CT molecular complexity index is 851. The predicted octanol–water partition coefficient (Wildman–Crippen LogP) is 2.33. The van der Waals surface area contributed by atoms with Gasteiger partial charge in [0.25, 0.3) is 5.56 Å². The number of aromatic amines is 1. The zero-order valence-electron chi connectivity index (χ0n) is 15.5. The molecule has 0 spiro atoms. The molecule has 2 heterocycles. The molecule has 1 aromatic rings. The van der Waals surface area contributed by atoms with Crippen molar-refractivity contribution in [2.24, 2.45) is 11.0 Å². The summed E-state index contributed by atoms with van der Waals surface area (Å²) in [6.07, 6.45) is 0.589. The number of hydrogen-bond donors (Lipinski definition) is 1. The molecule has 0 aliphatic carbocycles. The van der Waals surface area contributed by atoms with Gasteiger partial charge in [-0.25, -0.2) is 4.79 Å². The second kappa shape index (κ2) is 9.34. The molecule has 1 saturated heterocycles. The smallest absolute Gasteiger partial charge is 0.331 e. The molecule has 1 N–H and O–H groups in total. The Morgan fingerprint density at radius 3 is 2.67 bits per heavy atom. The van der Waals surface area contributed by atoms with Crippen molar-refractivity contribution in [3.05, 3.63) is 43.0 Å². The first-order valence-corrected chi connectivity index (χ1v) is 10.4. The van der Waals surface area contributed by atoms with Gasteiger partial charge in [0.15, 0.2) is 0 Å². The van der Waals surface area contributed by atoms with E-state index in [-0.39, 0.29) is 31.8 Å². The molecule has 0 saturated carbocycles.